The number of halogens is 1. The Hall–Kier alpha value is -2.40. The molecule has 0 aliphatic rings. The second-order valence-electron chi connectivity index (χ2n) is 7.21. The Labute approximate surface area is 199 Å². The minimum absolute atomic E-state index is 0.111. The molecule has 0 saturated heterocycles. The van der Waals surface area contributed by atoms with Crippen LogP contribution in [0.15, 0.2) is 47.6 Å². The van der Waals surface area contributed by atoms with Gasteiger partial charge in [-0.1, -0.05) is 30.0 Å². The molecule has 2 N–H and O–H groups in total. The van der Waals surface area contributed by atoms with Gasteiger partial charge in [-0.25, -0.2) is 0 Å². The van der Waals surface area contributed by atoms with E-state index in [1.807, 2.05) is 64.2 Å². The molecule has 2 aromatic carbocycles. The topological polar surface area (TPSA) is 88.9 Å². The Kier molecular flexibility index (Phi) is 7.71. The molecule has 31 heavy (non-hydrogen) atoms. The van der Waals surface area contributed by atoms with Crippen LogP contribution in [0.5, 0.6) is 0 Å². The first kappa shape index (κ1) is 23.3. The zero-order valence-electron chi connectivity index (χ0n) is 17.8. The van der Waals surface area contributed by atoms with Crippen molar-refractivity contribution in [2.45, 2.75) is 32.0 Å². The van der Waals surface area contributed by atoms with Gasteiger partial charge < -0.3 is 15.2 Å². The number of nitrogens with one attached hydrogen (secondary N) is 2. The first-order valence-electron chi connectivity index (χ1n) is 9.71. The smallest absolute Gasteiger partial charge is 0.252 e. The van der Waals surface area contributed by atoms with Gasteiger partial charge >= 0.3 is 0 Å². The van der Waals surface area contributed by atoms with E-state index in [0.717, 1.165) is 20.4 Å². The number of thioether (sulfide) groups is 1. The highest BCUT2D eigenvalue weighted by atomic mass is 127. The summed E-state index contributed by atoms with van der Waals surface area (Å²) >= 11 is 3.54. The number of nitrogens with zero attached hydrogens (tertiary/aromatic N) is 3. The highest BCUT2D eigenvalue weighted by Gasteiger charge is 2.19. The number of carbonyl (C=O) groups excluding carboxylic acids is 2. The van der Waals surface area contributed by atoms with Crippen molar-refractivity contribution >= 4 is 51.9 Å². The molecule has 0 unspecified atom stereocenters. The van der Waals surface area contributed by atoms with Gasteiger partial charge in [-0.05, 0) is 78.8 Å². The Morgan fingerprint density at radius 2 is 1.87 bits per heavy atom. The number of hydrogen-bond donors (Lipinski definition) is 2. The zero-order chi connectivity index (χ0) is 22.5. The van der Waals surface area contributed by atoms with Gasteiger partial charge in [0.05, 0.1) is 11.8 Å². The Bertz CT molecular complexity index is 1120. The lowest BCUT2D eigenvalue weighted by atomic mass is 10.1. The van der Waals surface area contributed by atoms with E-state index in [1.54, 1.807) is 10.6 Å². The minimum atomic E-state index is -0.331. The molecule has 0 bridgehead atoms. The van der Waals surface area contributed by atoms with Crippen LogP contribution in [-0.2, 0) is 11.8 Å². The zero-order valence-corrected chi connectivity index (χ0v) is 20.7. The highest BCUT2D eigenvalue weighted by Crippen LogP contribution is 2.21. The van der Waals surface area contributed by atoms with Crippen molar-refractivity contribution in [3.8, 4) is 0 Å². The summed E-state index contributed by atoms with van der Waals surface area (Å²) in [6, 6.07) is 13.0. The summed E-state index contributed by atoms with van der Waals surface area (Å²) in [5.74, 6) is 0.564. The fraction of sp³-hybridized carbons (Fsp3) is 0.273. The van der Waals surface area contributed by atoms with Crippen molar-refractivity contribution < 1.29 is 9.59 Å². The monoisotopic (exact) mass is 549 g/mol. The summed E-state index contributed by atoms with van der Waals surface area (Å²) in [6.07, 6.45) is 0. The van der Waals surface area contributed by atoms with E-state index in [0.29, 0.717) is 16.5 Å². The maximum Gasteiger partial charge on any atom is 0.252 e. The fourth-order valence-electron chi connectivity index (χ4n) is 3.08. The third-order valence-electron chi connectivity index (χ3n) is 4.79. The van der Waals surface area contributed by atoms with Gasteiger partial charge in [0.1, 0.15) is 0 Å². The van der Waals surface area contributed by atoms with Crippen LogP contribution in [0.4, 0.5) is 5.69 Å². The third kappa shape index (κ3) is 5.85. The lowest BCUT2D eigenvalue weighted by Gasteiger charge is -2.14. The van der Waals surface area contributed by atoms with Gasteiger partial charge in [-0.2, -0.15) is 0 Å². The molecule has 0 spiro atoms. The van der Waals surface area contributed by atoms with E-state index in [-0.39, 0.29) is 23.6 Å². The summed E-state index contributed by atoms with van der Waals surface area (Å²) in [5, 5.41) is 14.9. The number of rotatable bonds is 7. The molecular weight excluding hydrogens is 525 g/mol. The third-order valence-corrected chi connectivity index (χ3v) is 6.48. The molecule has 7 nitrogen and oxygen atoms in total. The summed E-state index contributed by atoms with van der Waals surface area (Å²) in [7, 11) is 1.83. The number of benzene rings is 2. The minimum Gasteiger partial charge on any atom is -0.342 e. The van der Waals surface area contributed by atoms with Crippen molar-refractivity contribution in [3.05, 3.63) is 68.5 Å². The summed E-state index contributed by atoms with van der Waals surface area (Å²) in [6.45, 7) is 5.73. The quantitative estimate of drug-likeness (QED) is 0.340. The molecule has 0 fully saturated rings. The molecule has 9 heteroatoms. The largest absolute Gasteiger partial charge is 0.342 e. The predicted octanol–water partition coefficient (Wildman–Crippen LogP) is 4.26. The average molecular weight is 549 g/mol. The molecule has 0 radical (unpaired) electrons. The number of hydrogen-bond acceptors (Lipinski definition) is 5. The van der Waals surface area contributed by atoms with E-state index in [2.05, 4.69) is 43.4 Å². The van der Waals surface area contributed by atoms with E-state index >= 15 is 0 Å². The first-order valence-corrected chi connectivity index (χ1v) is 11.8. The first-order chi connectivity index (χ1) is 14.8. The summed E-state index contributed by atoms with van der Waals surface area (Å²) in [5.41, 5.74) is 3.37. The second-order valence-corrected chi connectivity index (χ2v) is 9.39. The summed E-state index contributed by atoms with van der Waals surface area (Å²) < 4.78 is 2.93. The second kappa shape index (κ2) is 10.3. The van der Waals surface area contributed by atoms with Crippen molar-refractivity contribution in [2.24, 2.45) is 7.05 Å². The molecule has 0 aliphatic carbocycles. The van der Waals surface area contributed by atoms with Crippen molar-refractivity contribution in [3.63, 3.8) is 0 Å². The van der Waals surface area contributed by atoms with Crippen molar-refractivity contribution in [1.82, 2.24) is 20.1 Å². The number of anilines is 1. The van der Waals surface area contributed by atoms with Gasteiger partial charge in [-0.15, -0.1) is 10.2 Å². The van der Waals surface area contributed by atoms with Crippen LogP contribution >= 0.6 is 34.4 Å². The van der Waals surface area contributed by atoms with E-state index < -0.39 is 0 Å². The predicted molar refractivity (Wildman–Crippen MR) is 131 cm³/mol. The average Bonchev–Trinajstić information content (AvgIpc) is 3.09. The SMILES string of the molecule is Cc1cc(I)ccc1NC(=O)CSc1nnc([C@H](C)NC(=O)c2ccccc2C)n1C. The van der Waals surface area contributed by atoms with Crippen LogP contribution in [0, 0.1) is 17.4 Å². The highest BCUT2D eigenvalue weighted by molar-refractivity contribution is 14.1. The van der Waals surface area contributed by atoms with Crippen LogP contribution < -0.4 is 10.6 Å². The molecule has 1 aromatic heterocycles. The normalized spacial score (nSPS) is 11.8. The van der Waals surface area contributed by atoms with Gasteiger partial charge in [0, 0.05) is 21.9 Å². The molecule has 2 amide bonds. The summed E-state index contributed by atoms with van der Waals surface area (Å²) in [4.78, 5) is 24.9. The Balaban J connectivity index is 1.59. The van der Waals surface area contributed by atoms with Crippen LogP contribution in [0.1, 0.15) is 40.3 Å². The Morgan fingerprint density at radius 3 is 2.58 bits per heavy atom. The number of carbonyl (C=O) groups is 2. The van der Waals surface area contributed by atoms with Gasteiger partial charge in [-0.3, -0.25) is 9.59 Å². The van der Waals surface area contributed by atoms with Crippen LogP contribution in [0.3, 0.4) is 0 Å². The van der Waals surface area contributed by atoms with Gasteiger partial charge in [0.2, 0.25) is 5.91 Å². The number of amides is 2. The molecule has 1 heterocycles. The lowest BCUT2D eigenvalue weighted by molar-refractivity contribution is -0.113. The van der Waals surface area contributed by atoms with E-state index in [9.17, 15) is 9.59 Å². The van der Waals surface area contributed by atoms with Gasteiger partial charge in [0.15, 0.2) is 11.0 Å². The standard InChI is InChI=1S/C22H24IN5O2S/c1-13-7-5-6-8-17(13)21(30)24-15(3)20-26-27-22(28(20)4)31-12-19(29)25-18-10-9-16(23)11-14(18)2/h5-11,15H,12H2,1-4H3,(H,24,30)(H,25,29)/t15-/m0/s1. The van der Waals surface area contributed by atoms with Crippen LogP contribution in [-0.4, -0.2) is 32.3 Å². The molecular formula is C22H24IN5O2S. The number of aryl methyl sites for hydroxylation is 2. The molecule has 1 atom stereocenters. The van der Waals surface area contributed by atoms with E-state index in [1.165, 1.54) is 11.8 Å². The van der Waals surface area contributed by atoms with Crippen molar-refractivity contribution in [2.75, 3.05) is 11.1 Å². The Morgan fingerprint density at radius 1 is 1.13 bits per heavy atom. The fourth-order valence-corrected chi connectivity index (χ4v) is 4.44. The molecule has 0 saturated carbocycles. The molecule has 3 rings (SSSR count). The molecule has 0 aliphatic heterocycles. The maximum atomic E-state index is 12.6. The van der Waals surface area contributed by atoms with Crippen LogP contribution in [0.25, 0.3) is 0 Å². The molecule has 162 valence electrons. The van der Waals surface area contributed by atoms with Crippen molar-refractivity contribution in [1.29, 1.82) is 0 Å². The van der Waals surface area contributed by atoms with Crippen LogP contribution in [0.2, 0.25) is 0 Å². The number of aromatic nitrogens is 3. The lowest BCUT2D eigenvalue weighted by Crippen LogP contribution is -2.29. The maximum absolute atomic E-state index is 12.6. The van der Waals surface area contributed by atoms with E-state index in [4.69, 9.17) is 0 Å². The van der Waals surface area contributed by atoms with Gasteiger partial charge in [0.25, 0.3) is 5.91 Å². The molecule has 3 aromatic rings.